The third-order valence-corrected chi connectivity index (χ3v) is 2.54. The van der Waals surface area contributed by atoms with Gasteiger partial charge in [-0.25, -0.2) is 0 Å². The fourth-order valence-corrected chi connectivity index (χ4v) is 1.43. The maximum absolute atomic E-state index is 11.4. The smallest absolute Gasteiger partial charge is 0.310 e. The molecular formula is C13H12BrNO3. The molecule has 0 saturated heterocycles. The molecule has 0 aliphatic heterocycles. The van der Waals surface area contributed by atoms with Gasteiger partial charge in [-0.1, -0.05) is 34.0 Å². The van der Waals surface area contributed by atoms with Crippen LogP contribution in [0.5, 0.6) is 0 Å². The summed E-state index contributed by atoms with van der Waals surface area (Å²) >= 11 is 3.30. The second-order valence-electron chi connectivity index (χ2n) is 3.44. The Kier molecular flexibility index (Phi) is 5.95. The van der Waals surface area contributed by atoms with Crippen molar-refractivity contribution in [3.8, 4) is 12.3 Å². The van der Waals surface area contributed by atoms with E-state index in [0.29, 0.717) is 0 Å². The first-order chi connectivity index (χ1) is 8.61. The number of amides is 1. The second-order valence-corrected chi connectivity index (χ2v) is 4.36. The molecule has 0 aromatic heterocycles. The van der Waals surface area contributed by atoms with E-state index in [4.69, 9.17) is 11.2 Å². The molecule has 18 heavy (non-hydrogen) atoms. The second kappa shape index (κ2) is 7.51. The highest BCUT2D eigenvalue weighted by atomic mass is 79.9. The molecule has 0 atom stereocenters. The lowest BCUT2D eigenvalue weighted by atomic mass is 10.2. The predicted octanol–water partition coefficient (Wildman–Crippen LogP) is 1.28. The van der Waals surface area contributed by atoms with Crippen LogP contribution in [0.25, 0.3) is 0 Å². The summed E-state index contributed by atoms with van der Waals surface area (Å²) in [5, 5.41) is 2.40. The average Bonchev–Trinajstić information content (AvgIpc) is 2.36. The van der Waals surface area contributed by atoms with Gasteiger partial charge < -0.3 is 10.1 Å². The highest BCUT2D eigenvalue weighted by molar-refractivity contribution is 9.10. The van der Waals surface area contributed by atoms with Crippen LogP contribution in [0.2, 0.25) is 0 Å². The zero-order chi connectivity index (χ0) is 13.4. The molecule has 0 spiro atoms. The van der Waals surface area contributed by atoms with Crippen molar-refractivity contribution in [1.29, 1.82) is 0 Å². The lowest BCUT2D eigenvalue weighted by Gasteiger charge is -2.04. The van der Waals surface area contributed by atoms with E-state index in [0.717, 1.165) is 10.0 Å². The Hall–Kier alpha value is -1.80. The molecule has 0 heterocycles. The molecule has 0 bridgehead atoms. The summed E-state index contributed by atoms with van der Waals surface area (Å²) in [6, 6.07) is 7.29. The summed E-state index contributed by atoms with van der Waals surface area (Å²) in [5.41, 5.74) is 0.826. The van der Waals surface area contributed by atoms with Gasteiger partial charge in [0.2, 0.25) is 0 Å². The Morgan fingerprint density at radius 1 is 1.33 bits per heavy atom. The first-order valence-corrected chi connectivity index (χ1v) is 6.01. The maximum atomic E-state index is 11.4. The molecule has 0 unspecified atom stereocenters. The number of carbonyl (C=O) groups is 2. The lowest BCUT2D eigenvalue weighted by Crippen LogP contribution is -2.29. The first kappa shape index (κ1) is 14.3. The van der Waals surface area contributed by atoms with Gasteiger partial charge in [0.15, 0.2) is 6.61 Å². The molecule has 0 fully saturated rings. The zero-order valence-corrected chi connectivity index (χ0v) is 11.2. The molecule has 0 saturated carbocycles. The van der Waals surface area contributed by atoms with Crippen LogP contribution in [-0.2, 0) is 20.7 Å². The number of benzene rings is 1. The summed E-state index contributed by atoms with van der Waals surface area (Å²) in [6.07, 6.45) is 5.11. The molecule has 1 amide bonds. The quantitative estimate of drug-likeness (QED) is 0.658. The van der Waals surface area contributed by atoms with Crippen LogP contribution in [0.1, 0.15) is 5.56 Å². The minimum absolute atomic E-state index is 0.128. The van der Waals surface area contributed by atoms with Crippen molar-refractivity contribution in [2.75, 3.05) is 13.2 Å². The van der Waals surface area contributed by atoms with Gasteiger partial charge in [-0.15, -0.1) is 6.42 Å². The fraction of sp³-hybridized carbons (Fsp3) is 0.231. The van der Waals surface area contributed by atoms with Crippen LogP contribution in [-0.4, -0.2) is 25.0 Å². The molecule has 0 aliphatic rings. The Morgan fingerprint density at radius 2 is 2.00 bits per heavy atom. The van der Waals surface area contributed by atoms with E-state index in [1.165, 1.54) is 0 Å². The van der Waals surface area contributed by atoms with E-state index in [2.05, 4.69) is 27.2 Å². The van der Waals surface area contributed by atoms with Gasteiger partial charge in [0.05, 0.1) is 13.0 Å². The van der Waals surface area contributed by atoms with E-state index in [1.54, 1.807) is 0 Å². The van der Waals surface area contributed by atoms with Crippen LogP contribution in [0.4, 0.5) is 0 Å². The van der Waals surface area contributed by atoms with E-state index < -0.39 is 11.9 Å². The van der Waals surface area contributed by atoms with Gasteiger partial charge in [0, 0.05) is 4.47 Å². The van der Waals surface area contributed by atoms with Crippen LogP contribution in [0.15, 0.2) is 28.7 Å². The average molecular weight is 310 g/mol. The van der Waals surface area contributed by atoms with Crippen molar-refractivity contribution in [2.45, 2.75) is 6.42 Å². The van der Waals surface area contributed by atoms with Gasteiger partial charge in [0.25, 0.3) is 5.91 Å². The number of carbonyl (C=O) groups excluding carboxylic acids is 2. The zero-order valence-electron chi connectivity index (χ0n) is 9.61. The van der Waals surface area contributed by atoms with Crippen molar-refractivity contribution in [2.24, 2.45) is 0 Å². The minimum Gasteiger partial charge on any atom is -0.455 e. The molecule has 4 nitrogen and oxygen atoms in total. The predicted molar refractivity (Wildman–Crippen MR) is 70.6 cm³/mol. The van der Waals surface area contributed by atoms with Gasteiger partial charge in [-0.05, 0) is 17.7 Å². The first-order valence-electron chi connectivity index (χ1n) is 5.22. The molecule has 1 rings (SSSR count). The summed E-state index contributed by atoms with van der Waals surface area (Å²) in [7, 11) is 0. The molecule has 0 radical (unpaired) electrons. The SMILES string of the molecule is C#CCNC(=O)COC(=O)Cc1ccc(Br)cc1. The van der Waals surface area contributed by atoms with E-state index >= 15 is 0 Å². The van der Waals surface area contributed by atoms with Gasteiger partial charge >= 0.3 is 5.97 Å². The molecule has 1 aromatic rings. The lowest BCUT2D eigenvalue weighted by molar-refractivity contribution is -0.147. The number of hydrogen-bond donors (Lipinski definition) is 1. The van der Waals surface area contributed by atoms with Crippen LogP contribution in [0.3, 0.4) is 0 Å². The van der Waals surface area contributed by atoms with Crippen LogP contribution in [0, 0.1) is 12.3 Å². The molecule has 1 aromatic carbocycles. The largest absolute Gasteiger partial charge is 0.455 e. The van der Waals surface area contributed by atoms with E-state index in [9.17, 15) is 9.59 Å². The Morgan fingerprint density at radius 3 is 2.61 bits per heavy atom. The van der Waals surface area contributed by atoms with Crippen molar-refractivity contribution >= 4 is 27.8 Å². The van der Waals surface area contributed by atoms with Gasteiger partial charge in [-0.3, -0.25) is 9.59 Å². The van der Waals surface area contributed by atoms with E-state index in [1.807, 2.05) is 24.3 Å². The monoisotopic (exact) mass is 309 g/mol. The number of esters is 1. The summed E-state index contributed by atoms with van der Waals surface area (Å²) in [6.45, 7) is -0.180. The van der Waals surface area contributed by atoms with Gasteiger partial charge in [-0.2, -0.15) is 0 Å². The third kappa shape index (κ3) is 5.51. The fourth-order valence-electron chi connectivity index (χ4n) is 1.17. The van der Waals surface area contributed by atoms with Crippen LogP contribution < -0.4 is 5.32 Å². The highest BCUT2D eigenvalue weighted by Gasteiger charge is 2.07. The summed E-state index contributed by atoms with van der Waals surface area (Å²) in [4.78, 5) is 22.5. The van der Waals surface area contributed by atoms with Gasteiger partial charge in [0.1, 0.15) is 0 Å². The number of ether oxygens (including phenoxy) is 1. The topological polar surface area (TPSA) is 55.4 Å². The van der Waals surface area contributed by atoms with Crippen molar-refractivity contribution < 1.29 is 14.3 Å². The summed E-state index contributed by atoms with van der Waals surface area (Å²) < 4.78 is 5.74. The van der Waals surface area contributed by atoms with Crippen molar-refractivity contribution in [3.05, 3.63) is 34.3 Å². The minimum atomic E-state index is -0.451. The number of halogens is 1. The molecule has 5 heteroatoms. The number of rotatable bonds is 5. The standard InChI is InChI=1S/C13H12BrNO3/c1-2-7-15-12(16)9-18-13(17)8-10-3-5-11(14)6-4-10/h1,3-6H,7-9H2,(H,15,16). The Labute approximate surface area is 114 Å². The summed E-state index contributed by atoms with van der Waals surface area (Å²) in [5.74, 6) is 1.40. The molecular weight excluding hydrogens is 298 g/mol. The number of hydrogen-bond acceptors (Lipinski definition) is 3. The normalized spacial score (nSPS) is 9.33. The highest BCUT2D eigenvalue weighted by Crippen LogP contribution is 2.11. The number of terminal acetylenes is 1. The molecule has 94 valence electrons. The third-order valence-electron chi connectivity index (χ3n) is 2.01. The number of nitrogens with one attached hydrogen (secondary N) is 1. The van der Waals surface area contributed by atoms with Crippen molar-refractivity contribution in [3.63, 3.8) is 0 Å². The molecule has 0 aliphatic carbocycles. The Bertz CT molecular complexity index is 462. The van der Waals surface area contributed by atoms with E-state index in [-0.39, 0.29) is 19.6 Å². The van der Waals surface area contributed by atoms with Crippen molar-refractivity contribution in [1.82, 2.24) is 5.32 Å². The molecule has 1 N–H and O–H groups in total. The maximum Gasteiger partial charge on any atom is 0.310 e. The Balaban J connectivity index is 2.32. The van der Waals surface area contributed by atoms with Crippen LogP contribution >= 0.6 is 15.9 Å².